The van der Waals surface area contributed by atoms with E-state index in [0.29, 0.717) is 5.69 Å². The molecule has 0 fully saturated rings. The highest BCUT2D eigenvalue weighted by atomic mass is 32.2. The Morgan fingerprint density at radius 2 is 1.95 bits per heavy atom. The largest absolute Gasteiger partial charge is 0.352 e. The molecule has 2 rings (SSSR count). The molecule has 0 spiro atoms. The molecule has 0 unspecified atom stereocenters. The smallest absolute Gasteiger partial charge is 0.244 e. The lowest BCUT2D eigenvalue weighted by molar-refractivity contribution is 0.521. The minimum Gasteiger partial charge on any atom is -0.352 e. The molecule has 1 aromatic heterocycles. The SMILES string of the molecule is CN(C)S(=O)(=O)c1ccccc1Nc1cnn(C)c1. The van der Waals surface area contributed by atoms with Crippen molar-refractivity contribution in [2.45, 2.75) is 4.90 Å². The van der Waals surface area contributed by atoms with Gasteiger partial charge in [-0.3, -0.25) is 4.68 Å². The summed E-state index contributed by atoms with van der Waals surface area (Å²) >= 11 is 0. The average molecular weight is 280 g/mol. The Morgan fingerprint density at radius 1 is 1.26 bits per heavy atom. The summed E-state index contributed by atoms with van der Waals surface area (Å²) in [6, 6.07) is 6.79. The fourth-order valence-corrected chi connectivity index (χ4v) is 2.67. The van der Waals surface area contributed by atoms with Crippen LogP contribution in [-0.2, 0) is 17.1 Å². The van der Waals surface area contributed by atoms with E-state index in [-0.39, 0.29) is 4.90 Å². The van der Waals surface area contributed by atoms with Gasteiger partial charge in [0.15, 0.2) is 0 Å². The van der Waals surface area contributed by atoms with Gasteiger partial charge >= 0.3 is 0 Å². The summed E-state index contributed by atoms with van der Waals surface area (Å²) in [5.74, 6) is 0. The van der Waals surface area contributed by atoms with Crippen LogP contribution in [0.25, 0.3) is 0 Å². The second kappa shape index (κ2) is 5.02. The fourth-order valence-electron chi connectivity index (χ4n) is 1.63. The number of rotatable bonds is 4. The van der Waals surface area contributed by atoms with Crippen LogP contribution in [0, 0.1) is 0 Å². The highest BCUT2D eigenvalue weighted by Crippen LogP contribution is 2.26. The molecule has 0 aliphatic carbocycles. The zero-order valence-corrected chi connectivity index (χ0v) is 11.8. The lowest BCUT2D eigenvalue weighted by Crippen LogP contribution is -2.23. The minimum atomic E-state index is -3.48. The summed E-state index contributed by atoms with van der Waals surface area (Å²) in [5.41, 5.74) is 1.27. The fraction of sp³-hybridized carbons (Fsp3) is 0.250. The molecule has 0 atom stereocenters. The summed E-state index contributed by atoms with van der Waals surface area (Å²) in [7, 11) is 1.34. The van der Waals surface area contributed by atoms with E-state index in [4.69, 9.17) is 0 Å². The van der Waals surface area contributed by atoms with Gasteiger partial charge in [0, 0.05) is 27.3 Å². The first-order chi connectivity index (χ1) is 8.91. The number of nitrogens with zero attached hydrogens (tertiary/aromatic N) is 3. The van der Waals surface area contributed by atoms with E-state index in [0.717, 1.165) is 5.69 Å². The van der Waals surface area contributed by atoms with Crippen molar-refractivity contribution >= 4 is 21.4 Å². The Morgan fingerprint density at radius 3 is 2.53 bits per heavy atom. The third-order valence-electron chi connectivity index (χ3n) is 2.63. The molecule has 102 valence electrons. The molecule has 1 heterocycles. The second-order valence-corrected chi connectivity index (χ2v) is 6.43. The van der Waals surface area contributed by atoms with Gasteiger partial charge < -0.3 is 5.32 Å². The average Bonchev–Trinajstić information content (AvgIpc) is 2.75. The van der Waals surface area contributed by atoms with Crippen molar-refractivity contribution in [1.82, 2.24) is 14.1 Å². The van der Waals surface area contributed by atoms with Crippen LogP contribution in [0.2, 0.25) is 0 Å². The lowest BCUT2D eigenvalue weighted by atomic mass is 10.3. The molecular weight excluding hydrogens is 264 g/mol. The van der Waals surface area contributed by atoms with Gasteiger partial charge in [-0.05, 0) is 12.1 Å². The zero-order chi connectivity index (χ0) is 14.0. The van der Waals surface area contributed by atoms with Crippen LogP contribution in [-0.4, -0.2) is 36.6 Å². The molecule has 7 heteroatoms. The molecule has 2 aromatic rings. The molecule has 0 saturated carbocycles. The number of hydrogen-bond acceptors (Lipinski definition) is 4. The van der Waals surface area contributed by atoms with Crippen LogP contribution in [0.15, 0.2) is 41.6 Å². The lowest BCUT2D eigenvalue weighted by Gasteiger charge is -2.15. The second-order valence-electron chi connectivity index (χ2n) is 4.31. The number of aromatic nitrogens is 2. The number of nitrogens with one attached hydrogen (secondary N) is 1. The maximum absolute atomic E-state index is 12.2. The summed E-state index contributed by atoms with van der Waals surface area (Å²) in [6.07, 6.45) is 3.41. The number of anilines is 2. The van der Waals surface area contributed by atoms with Gasteiger partial charge in [0.05, 0.1) is 17.6 Å². The molecule has 1 N–H and O–H groups in total. The first-order valence-corrected chi connectivity index (χ1v) is 7.12. The Labute approximate surface area is 112 Å². The first-order valence-electron chi connectivity index (χ1n) is 5.68. The molecule has 0 aliphatic heterocycles. The van der Waals surface area contributed by atoms with Crippen molar-refractivity contribution in [3.63, 3.8) is 0 Å². The Balaban J connectivity index is 2.42. The molecule has 19 heavy (non-hydrogen) atoms. The summed E-state index contributed by atoms with van der Waals surface area (Å²) < 4.78 is 27.3. The topological polar surface area (TPSA) is 67.2 Å². The van der Waals surface area contributed by atoms with E-state index in [2.05, 4.69) is 10.4 Å². The standard InChI is InChI=1S/C12H16N4O2S/c1-15(2)19(17,18)12-7-5-4-6-11(12)14-10-8-13-16(3)9-10/h4-9,14H,1-3H3. The number of sulfonamides is 1. The van der Waals surface area contributed by atoms with Crippen molar-refractivity contribution in [2.75, 3.05) is 19.4 Å². The monoisotopic (exact) mass is 280 g/mol. The third kappa shape index (κ3) is 2.77. The summed E-state index contributed by atoms with van der Waals surface area (Å²) in [5, 5.41) is 7.10. The highest BCUT2D eigenvalue weighted by molar-refractivity contribution is 7.89. The Hall–Kier alpha value is -1.86. The van der Waals surface area contributed by atoms with Crippen molar-refractivity contribution in [3.05, 3.63) is 36.7 Å². The first kappa shape index (κ1) is 13.6. The predicted molar refractivity (Wildman–Crippen MR) is 73.8 cm³/mol. The van der Waals surface area contributed by atoms with Gasteiger partial charge in [-0.25, -0.2) is 12.7 Å². The van der Waals surface area contributed by atoms with E-state index in [1.54, 1.807) is 48.4 Å². The van der Waals surface area contributed by atoms with Crippen LogP contribution < -0.4 is 5.32 Å². The van der Waals surface area contributed by atoms with E-state index in [9.17, 15) is 8.42 Å². The number of benzene rings is 1. The number of para-hydroxylation sites is 1. The molecule has 0 amide bonds. The molecule has 0 radical (unpaired) electrons. The minimum absolute atomic E-state index is 0.240. The molecule has 1 aromatic carbocycles. The van der Waals surface area contributed by atoms with Gasteiger partial charge in [-0.1, -0.05) is 12.1 Å². The van der Waals surface area contributed by atoms with Gasteiger partial charge in [-0.15, -0.1) is 0 Å². The molecule has 6 nitrogen and oxygen atoms in total. The molecule has 0 bridgehead atoms. The van der Waals surface area contributed by atoms with E-state index in [1.807, 2.05) is 0 Å². The van der Waals surface area contributed by atoms with E-state index < -0.39 is 10.0 Å². The molecule has 0 saturated heterocycles. The van der Waals surface area contributed by atoms with Crippen molar-refractivity contribution in [2.24, 2.45) is 7.05 Å². The maximum atomic E-state index is 12.2. The maximum Gasteiger partial charge on any atom is 0.244 e. The van der Waals surface area contributed by atoms with E-state index >= 15 is 0 Å². The molecule has 0 aliphatic rings. The van der Waals surface area contributed by atoms with Crippen LogP contribution >= 0.6 is 0 Å². The van der Waals surface area contributed by atoms with Crippen LogP contribution in [0.3, 0.4) is 0 Å². The Kier molecular flexibility index (Phi) is 3.59. The zero-order valence-electron chi connectivity index (χ0n) is 11.0. The number of aryl methyl sites for hydroxylation is 1. The Bertz CT molecular complexity index is 677. The van der Waals surface area contributed by atoms with Gasteiger partial charge in [0.1, 0.15) is 4.90 Å². The predicted octanol–water partition coefficient (Wildman–Crippen LogP) is 1.41. The van der Waals surface area contributed by atoms with E-state index in [1.165, 1.54) is 18.4 Å². The number of hydrogen-bond donors (Lipinski definition) is 1. The normalized spacial score (nSPS) is 11.8. The van der Waals surface area contributed by atoms with Crippen molar-refractivity contribution in [3.8, 4) is 0 Å². The third-order valence-corrected chi connectivity index (χ3v) is 4.50. The quantitative estimate of drug-likeness (QED) is 0.919. The highest BCUT2D eigenvalue weighted by Gasteiger charge is 2.20. The van der Waals surface area contributed by atoms with Crippen molar-refractivity contribution < 1.29 is 8.42 Å². The van der Waals surface area contributed by atoms with Crippen LogP contribution in [0.1, 0.15) is 0 Å². The van der Waals surface area contributed by atoms with Gasteiger partial charge in [0.25, 0.3) is 0 Å². The summed E-state index contributed by atoms with van der Waals surface area (Å²) in [4.78, 5) is 0.240. The van der Waals surface area contributed by atoms with Crippen molar-refractivity contribution in [1.29, 1.82) is 0 Å². The van der Waals surface area contributed by atoms with Gasteiger partial charge in [0.2, 0.25) is 10.0 Å². The van der Waals surface area contributed by atoms with Crippen LogP contribution in [0.4, 0.5) is 11.4 Å². The van der Waals surface area contributed by atoms with Gasteiger partial charge in [-0.2, -0.15) is 5.10 Å². The molecular formula is C12H16N4O2S. The van der Waals surface area contributed by atoms with Crippen LogP contribution in [0.5, 0.6) is 0 Å². The summed E-state index contributed by atoms with van der Waals surface area (Å²) in [6.45, 7) is 0.